The van der Waals surface area contributed by atoms with Crippen LogP contribution < -0.4 is 15.4 Å². The maximum atomic E-state index is 6.10. The molecule has 142 valence electrons. The summed E-state index contributed by atoms with van der Waals surface area (Å²) in [5.41, 5.74) is 0.976. The SMILES string of the molecule is CN=C(NCCc1ncc(C)s1)NC1CC(C)(C)Oc2ccccc21.I. The van der Waals surface area contributed by atoms with Gasteiger partial charge in [-0.1, -0.05) is 18.2 Å². The van der Waals surface area contributed by atoms with Gasteiger partial charge in [-0.15, -0.1) is 35.3 Å². The molecule has 1 aliphatic heterocycles. The summed E-state index contributed by atoms with van der Waals surface area (Å²) < 4.78 is 6.10. The van der Waals surface area contributed by atoms with E-state index in [1.807, 2.05) is 18.3 Å². The molecule has 0 bridgehead atoms. The monoisotopic (exact) mass is 486 g/mol. The molecule has 1 aromatic heterocycles. The number of fused-ring (bicyclic) bond motifs is 1. The van der Waals surface area contributed by atoms with Gasteiger partial charge < -0.3 is 15.4 Å². The van der Waals surface area contributed by atoms with Crippen LogP contribution >= 0.6 is 35.3 Å². The number of aromatic nitrogens is 1. The van der Waals surface area contributed by atoms with E-state index >= 15 is 0 Å². The van der Waals surface area contributed by atoms with Gasteiger partial charge in [0.25, 0.3) is 0 Å². The van der Waals surface area contributed by atoms with E-state index in [1.54, 1.807) is 18.4 Å². The van der Waals surface area contributed by atoms with Crippen LogP contribution in [0.2, 0.25) is 0 Å². The van der Waals surface area contributed by atoms with Gasteiger partial charge in [-0.25, -0.2) is 4.98 Å². The summed E-state index contributed by atoms with van der Waals surface area (Å²) in [6, 6.07) is 8.39. The average molecular weight is 486 g/mol. The Morgan fingerprint density at radius 1 is 1.38 bits per heavy atom. The standard InChI is InChI=1S/C19H26N4OS.HI/c1-13-12-22-17(25-13)9-10-21-18(20-4)23-15-11-19(2,3)24-16-8-6-5-7-14(15)16;/h5-8,12,15H,9-11H2,1-4H3,(H2,20,21,23);1H. The number of ether oxygens (including phenoxy) is 1. The number of aliphatic imine (C=N–C) groups is 1. The topological polar surface area (TPSA) is 58.5 Å². The normalized spacial score (nSPS) is 18.3. The highest BCUT2D eigenvalue weighted by Crippen LogP contribution is 2.39. The van der Waals surface area contributed by atoms with Crippen LogP contribution in [0, 0.1) is 6.92 Å². The maximum absolute atomic E-state index is 6.10. The Kier molecular flexibility index (Phi) is 7.28. The van der Waals surface area contributed by atoms with Gasteiger partial charge in [0, 0.05) is 43.1 Å². The maximum Gasteiger partial charge on any atom is 0.191 e. The molecule has 2 aromatic rings. The summed E-state index contributed by atoms with van der Waals surface area (Å²) in [7, 11) is 1.80. The lowest BCUT2D eigenvalue weighted by Crippen LogP contribution is -2.45. The molecule has 5 nitrogen and oxygen atoms in total. The van der Waals surface area contributed by atoms with Gasteiger partial charge in [-0.3, -0.25) is 4.99 Å². The molecule has 0 saturated heterocycles. The molecule has 1 aliphatic rings. The minimum atomic E-state index is -0.205. The highest BCUT2D eigenvalue weighted by Gasteiger charge is 2.33. The van der Waals surface area contributed by atoms with Crippen LogP contribution in [-0.2, 0) is 6.42 Å². The summed E-state index contributed by atoms with van der Waals surface area (Å²) in [5.74, 6) is 1.76. The first-order chi connectivity index (χ1) is 12.0. The van der Waals surface area contributed by atoms with Crippen LogP contribution in [0.25, 0.3) is 0 Å². The number of para-hydroxylation sites is 1. The lowest BCUT2D eigenvalue weighted by atomic mass is 9.90. The largest absolute Gasteiger partial charge is 0.487 e. The predicted octanol–water partition coefficient (Wildman–Crippen LogP) is 4.08. The van der Waals surface area contributed by atoms with Crippen molar-refractivity contribution in [1.29, 1.82) is 0 Å². The van der Waals surface area contributed by atoms with Crippen LogP contribution in [0.1, 0.15) is 41.8 Å². The third-order valence-corrected chi connectivity index (χ3v) is 5.18. The van der Waals surface area contributed by atoms with Crippen molar-refractivity contribution in [2.75, 3.05) is 13.6 Å². The summed E-state index contributed by atoms with van der Waals surface area (Å²) in [6.07, 6.45) is 3.71. The number of rotatable bonds is 4. The minimum absolute atomic E-state index is 0. The first-order valence-corrected chi connectivity index (χ1v) is 9.45. The van der Waals surface area contributed by atoms with Crippen molar-refractivity contribution in [1.82, 2.24) is 15.6 Å². The zero-order valence-corrected chi connectivity index (χ0v) is 18.9. The van der Waals surface area contributed by atoms with Gasteiger partial charge >= 0.3 is 0 Å². The third kappa shape index (κ3) is 5.33. The highest BCUT2D eigenvalue weighted by atomic mass is 127. The Hall–Kier alpha value is -1.35. The van der Waals surface area contributed by atoms with Crippen molar-refractivity contribution in [3.05, 3.63) is 45.9 Å². The second-order valence-corrected chi connectivity index (χ2v) is 8.23. The number of hydrogen-bond donors (Lipinski definition) is 2. The van der Waals surface area contributed by atoms with Gasteiger partial charge in [0.1, 0.15) is 11.4 Å². The first-order valence-electron chi connectivity index (χ1n) is 8.63. The Balaban J connectivity index is 0.00000243. The second-order valence-electron chi connectivity index (χ2n) is 6.91. The Morgan fingerprint density at radius 2 is 2.15 bits per heavy atom. The van der Waals surface area contributed by atoms with Crippen LogP contribution in [0.5, 0.6) is 5.75 Å². The number of hydrogen-bond acceptors (Lipinski definition) is 4. The van der Waals surface area contributed by atoms with Gasteiger partial charge in [0.2, 0.25) is 0 Å². The molecule has 0 amide bonds. The second kappa shape index (κ2) is 9.03. The first kappa shape index (κ1) is 21.0. The number of guanidine groups is 1. The van der Waals surface area contributed by atoms with E-state index in [4.69, 9.17) is 4.74 Å². The highest BCUT2D eigenvalue weighted by molar-refractivity contribution is 14.0. The van der Waals surface area contributed by atoms with Crippen molar-refractivity contribution >= 4 is 41.3 Å². The van der Waals surface area contributed by atoms with Crippen molar-refractivity contribution < 1.29 is 4.74 Å². The number of aryl methyl sites for hydroxylation is 1. The molecule has 1 atom stereocenters. The van der Waals surface area contributed by atoms with Crippen LogP contribution in [-0.4, -0.2) is 30.1 Å². The van der Waals surface area contributed by atoms with Gasteiger partial charge in [0.05, 0.1) is 11.0 Å². The molecular weight excluding hydrogens is 459 g/mol. The molecule has 1 aromatic carbocycles. The molecular formula is C19H27IN4OS. The molecule has 2 N–H and O–H groups in total. The predicted molar refractivity (Wildman–Crippen MR) is 119 cm³/mol. The molecule has 0 saturated carbocycles. The molecule has 3 rings (SSSR count). The lowest BCUT2D eigenvalue weighted by molar-refractivity contribution is 0.0694. The van der Waals surface area contributed by atoms with E-state index in [9.17, 15) is 0 Å². The lowest BCUT2D eigenvalue weighted by Gasteiger charge is -2.38. The Morgan fingerprint density at radius 3 is 2.85 bits per heavy atom. The third-order valence-electron chi connectivity index (χ3n) is 4.21. The fourth-order valence-corrected chi connectivity index (χ4v) is 3.88. The molecule has 26 heavy (non-hydrogen) atoms. The van der Waals surface area contributed by atoms with E-state index in [2.05, 4.69) is 53.5 Å². The van der Waals surface area contributed by atoms with E-state index in [0.29, 0.717) is 0 Å². The molecule has 7 heteroatoms. The van der Waals surface area contributed by atoms with E-state index < -0.39 is 0 Å². The van der Waals surface area contributed by atoms with E-state index in [-0.39, 0.29) is 35.6 Å². The fourth-order valence-electron chi connectivity index (χ4n) is 3.10. The van der Waals surface area contributed by atoms with E-state index in [1.165, 1.54) is 10.4 Å². The van der Waals surface area contributed by atoms with Gasteiger partial charge in [-0.2, -0.15) is 0 Å². The molecule has 0 radical (unpaired) electrons. The molecule has 0 aliphatic carbocycles. The molecule has 2 heterocycles. The smallest absolute Gasteiger partial charge is 0.191 e. The van der Waals surface area contributed by atoms with Crippen molar-refractivity contribution in [2.45, 2.75) is 45.3 Å². The minimum Gasteiger partial charge on any atom is -0.487 e. The molecule has 0 spiro atoms. The van der Waals surface area contributed by atoms with Crippen molar-refractivity contribution in [2.24, 2.45) is 4.99 Å². The fraction of sp³-hybridized carbons (Fsp3) is 0.474. The van der Waals surface area contributed by atoms with Crippen LogP contribution in [0.15, 0.2) is 35.5 Å². The van der Waals surface area contributed by atoms with Gasteiger partial charge in [-0.05, 0) is 26.8 Å². The number of benzene rings is 1. The van der Waals surface area contributed by atoms with Crippen LogP contribution in [0.4, 0.5) is 0 Å². The quantitative estimate of drug-likeness (QED) is 0.389. The molecule has 0 fully saturated rings. The summed E-state index contributed by atoms with van der Waals surface area (Å²) in [6.45, 7) is 7.14. The van der Waals surface area contributed by atoms with Crippen LogP contribution in [0.3, 0.4) is 0 Å². The zero-order chi connectivity index (χ0) is 17.9. The van der Waals surface area contributed by atoms with Crippen molar-refractivity contribution in [3.63, 3.8) is 0 Å². The number of thiazole rings is 1. The van der Waals surface area contributed by atoms with Crippen molar-refractivity contribution in [3.8, 4) is 5.75 Å². The average Bonchev–Trinajstić information content (AvgIpc) is 2.98. The Labute approximate surface area is 176 Å². The van der Waals surface area contributed by atoms with E-state index in [0.717, 1.165) is 36.1 Å². The number of nitrogens with zero attached hydrogens (tertiary/aromatic N) is 2. The molecule has 1 unspecified atom stereocenters. The Bertz CT molecular complexity index is 760. The summed E-state index contributed by atoms with van der Waals surface area (Å²) in [5, 5.41) is 8.10. The summed E-state index contributed by atoms with van der Waals surface area (Å²) in [4.78, 5) is 10.0. The number of nitrogens with one attached hydrogen (secondary N) is 2. The number of halogens is 1. The van der Waals surface area contributed by atoms with Gasteiger partial charge in [0.15, 0.2) is 5.96 Å². The summed E-state index contributed by atoms with van der Waals surface area (Å²) >= 11 is 1.75. The zero-order valence-electron chi connectivity index (χ0n) is 15.7.